The van der Waals surface area contributed by atoms with E-state index in [1.54, 1.807) is 12.5 Å². The standard InChI is InChI=1S/C13H18N6O/c1-2-4-19-8-15-6-11(19)13-16-10-3-5-20-7-9(10)12(17-13)18-14/h6,8H,2-5,7,14H2,1H3,(H,16,17,18). The molecule has 20 heavy (non-hydrogen) atoms. The van der Waals surface area contributed by atoms with E-state index in [0.29, 0.717) is 24.9 Å². The molecule has 0 atom stereocenters. The summed E-state index contributed by atoms with van der Waals surface area (Å²) in [6.45, 7) is 4.21. The van der Waals surface area contributed by atoms with Gasteiger partial charge in [-0.2, -0.15) is 0 Å². The molecule has 0 saturated heterocycles. The molecule has 0 saturated carbocycles. The maximum absolute atomic E-state index is 5.57. The van der Waals surface area contributed by atoms with Crippen molar-refractivity contribution in [1.29, 1.82) is 0 Å². The minimum Gasteiger partial charge on any atom is -0.376 e. The second-order valence-corrected chi connectivity index (χ2v) is 4.74. The summed E-state index contributed by atoms with van der Waals surface area (Å²) >= 11 is 0. The zero-order valence-corrected chi connectivity index (χ0v) is 11.5. The van der Waals surface area contributed by atoms with Crippen LogP contribution < -0.4 is 11.3 Å². The summed E-state index contributed by atoms with van der Waals surface area (Å²) in [6.07, 6.45) is 5.41. The van der Waals surface area contributed by atoms with Crippen molar-refractivity contribution in [2.24, 2.45) is 5.84 Å². The van der Waals surface area contributed by atoms with Crippen molar-refractivity contribution < 1.29 is 4.74 Å². The maximum Gasteiger partial charge on any atom is 0.180 e. The molecular formula is C13H18N6O. The smallest absolute Gasteiger partial charge is 0.180 e. The van der Waals surface area contributed by atoms with E-state index in [9.17, 15) is 0 Å². The fourth-order valence-electron chi connectivity index (χ4n) is 2.39. The Balaban J connectivity index is 2.07. The van der Waals surface area contributed by atoms with Crippen LogP contribution in [0.2, 0.25) is 0 Å². The van der Waals surface area contributed by atoms with Crippen molar-refractivity contribution in [3.8, 4) is 11.5 Å². The number of ether oxygens (including phenoxy) is 1. The van der Waals surface area contributed by atoms with Crippen LogP contribution in [0.15, 0.2) is 12.5 Å². The summed E-state index contributed by atoms with van der Waals surface area (Å²) in [5.41, 5.74) is 5.51. The van der Waals surface area contributed by atoms with E-state index >= 15 is 0 Å². The van der Waals surface area contributed by atoms with Gasteiger partial charge in [-0.15, -0.1) is 0 Å². The number of anilines is 1. The normalized spacial score (nSPS) is 14.1. The molecule has 3 rings (SSSR count). The average Bonchev–Trinajstić information content (AvgIpc) is 2.95. The molecule has 0 aliphatic carbocycles. The predicted octanol–water partition coefficient (Wildman–Crippen LogP) is 1.11. The summed E-state index contributed by atoms with van der Waals surface area (Å²) in [5, 5.41) is 0. The number of nitrogens with zero attached hydrogens (tertiary/aromatic N) is 4. The Bertz CT molecular complexity index is 592. The van der Waals surface area contributed by atoms with Gasteiger partial charge < -0.3 is 14.7 Å². The number of hydrogen-bond acceptors (Lipinski definition) is 6. The number of nitrogen functional groups attached to an aromatic ring is 1. The summed E-state index contributed by atoms with van der Waals surface area (Å²) in [4.78, 5) is 13.4. The van der Waals surface area contributed by atoms with E-state index < -0.39 is 0 Å². The molecule has 0 spiro atoms. The topological polar surface area (TPSA) is 90.9 Å². The van der Waals surface area contributed by atoms with Crippen LogP contribution in [0.3, 0.4) is 0 Å². The molecule has 0 unspecified atom stereocenters. The van der Waals surface area contributed by atoms with Crippen LogP contribution in [0.4, 0.5) is 5.82 Å². The largest absolute Gasteiger partial charge is 0.376 e. The first kappa shape index (κ1) is 13.0. The van der Waals surface area contributed by atoms with Gasteiger partial charge in [0.15, 0.2) is 5.82 Å². The molecule has 2 aromatic heterocycles. The molecule has 7 nitrogen and oxygen atoms in total. The van der Waals surface area contributed by atoms with Gasteiger partial charge in [-0.05, 0) is 6.42 Å². The molecule has 0 radical (unpaired) electrons. The van der Waals surface area contributed by atoms with Gasteiger partial charge in [0.05, 0.1) is 31.4 Å². The van der Waals surface area contributed by atoms with E-state index in [2.05, 4.69) is 31.9 Å². The summed E-state index contributed by atoms with van der Waals surface area (Å²) in [7, 11) is 0. The lowest BCUT2D eigenvalue weighted by Crippen LogP contribution is -2.20. The van der Waals surface area contributed by atoms with Crippen LogP contribution >= 0.6 is 0 Å². The van der Waals surface area contributed by atoms with Crippen molar-refractivity contribution in [3.63, 3.8) is 0 Å². The number of rotatable bonds is 4. The van der Waals surface area contributed by atoms with Gasteiger partial charge in [-0.25, -0.2) is 20.8 Å². The minimum atomic E-state index is 0.503. The van der Waals surface area contributed by atoms with Crippen LogP contribution in [0, 0.1) is 0 Å². The highest BCUT2D eigenvalue weighted by Crippen LogP contribution is 2.25. The van der Waals surface area contributed by atoms with Gasteiger partial charge in [0.2, 0.25) is 0 Å². The van der Waals surface area contributed by atoms with Crippen LogP contribution in [0.25, 0.3) is 11.5 Å². The second-order valence-electron chi connectivity index (χ2n) is 4.74. The number of nitrogens with one attached hydrogen (secondary N) is 1. The molecule has 0 fully saturated rings. The molecule has 0 amide bonds. The first-order valence-corrected chi connectivity index (χ1v) is 6.78. The Morgan fingerprint density at radius 2 is 2.35 bits per heavy atom. The maximum atomic E-state index is 5.57. The SMILES string of the molecule is CCCn1cncc1-c1nc2c(c(NN)n1)COCC2. The van der Waals surface area contributed by atoms with Crippen molar-refractivity contribution in [1.82, 2.24) is 19.5 Å². The third-order valence-corrected chi connectivity index (χ3v) is 3.36. The van der Waals surface area contributed by atoms with E-state index in [1.807, 2.05) is 0 Å². The van der Waals surface area contributed by atoms with Gasteiger partial charge >= 0.3 is 0 Å². The Morgan fingerprint density at radius 1 is 1.45 bits per heavy atom. The van der Waals surface area contributed by atoms with Crippen LogP contribution in [-0.4, -0.2) is 26.1 Å². The summed E-state index contributed by atoms with van der Waals surface area (Å²) < 4.78 is 7.50. The quantitative estimate of drug-likeness (QED) is 0.641. The molecule has 106 valence electrons. The summed E-state index contributed by atoms with van der Waals surface area (Å²) in [5.74, 6) is 6.86. The fourth-order valence-corrected chi connectivity index (χ4v) is 2.39. The van der Waals surface area contributed by atoms with Crippen LogP contribution in [0.5, 0.6) is 0 Å². The molecule has 0 aromatic carbocycles. The Kier molecular flexibility index (Phi) is 3.62. The first-order chi connectivity index (χ1) is 9.83. The zero-order chi connectivity index (χ0) is 13.9. The Labute approximate surface area is 117 Å². The predicted molar refractivity (Wildman–Crippen MR) is 74.7 cm³/mol. The van der Waals surface area contributed by atoms with E-state index in [-0.39, 0.29) is 0 Å². The fraction of sp³-hybridized carbons (Fsp3) is 0.462. The van der Waals surface area contributed by atoms with Crippen molar-refractivity contribution in [3.05, 3.63) is 23.8 Å². The highest BCUT2D eigenvalue weighted by molar-refractivity contribution is 5.56. The highest BCUT2D eigenvalue weighted by Gasteiger charge is 2.19. The number of aryl methyl sites for hydroxylation is 1. The lowest BCUT2D eigenvalue weighted by atomic mass is 10.1. The molecule has 0 bridgehead atoms. The van der Waals surface area contributed by atoms with Crippen molar-refractivity contribution in [2.45, 2.75) is 32.9 Å². The highest BCUT2D eigenvalue weighted by atomic mass is 16.5. The lowest BCUT2D eigenvalue weighted by molar-refractivity contribution is 0.109. The van der Waals surface area contributed by atoms with E-state index in [4.69, 9.17) is 10.6 Å². The average molecular weight is 274 g/mol. The monoisotopic (exact) mass is 274 g/mol. The minimum absolute atomic E-state index is 0.503. The Hall–Kier alpha value is -1.99. The van der Waals surface area contributed by atoms with Gasteiger partial charge in [0, 0.05) is 18.5 Å². The molecule has 7 heteroatoms. The number of hydrogen-bond donors (Lipinski definition) is 2. The molecule has 3 N–H and O–H groups in total. The number of hydrazine groups is 1. The van der Waals surface area contributed by atoms with Gasteiger partial charge in [-0.1, -0.05) is 6.92 Å². The zero-order valence-electron chi connectivity index (χ0n) is 11.5. The van der Waals surface area contributed by atoms with E-state index in [1.165, 1.54) is 0 Å². The van der Waals surface area contributed by atoms with Crippen LogP contribution in [0.1, 0.15) is 24.6 Å². The third kappa shape index (κ3) is 2.25. The van der Waals surface area contributed by atoms with Gasteiger partial charge in [0.1, 0.15) is 11.5 Å². The number of fused-ring (bicyclic) bond motifs is 1. The van der Waals surface area contributed by atoms with Crippen molar-refractivity contribution in [2.75, 3.05) is 12.0 Å². The number of aromatic nitrogens is 4. The molecular weight excluding hydrogens is 256 g/mol. The van der Waals surface area contributed by atoms with E-state index in [0.717, 1.165) is 36.3 Å². The number of nitrogens with two attached hydrogens (primary N) is 1. The van der Waals surface area contributed by atoms with Gasteiger partial charge in [-0.3, -0.25) is 0 Å². The second kappa shape index (κ2) is 5.56. The molecule has 2 aromatic rings. The number of imidazole rings is 1. The van der Waals surface area contributed by atoms with Crippen LogP contribution in [-0.2, 0) is 24.3 Å². The third-order valence-electron chi connectivity index (χ3n) is 3.36. The first-order valence-electron chi connectivity index (χ1n) is 6.78. The summed E-state index contributed by atoms with van der Waals surface area (Å²) in [6, 6.07) is 0. The molecule has 3 heterocycles. The van der Waals surface area contributed by atoms with Crippen molar-refractivity contribution >= 4 is 5.82 Å². The molecule has 1 aliphatic rings. The Morgan fingerprint density at radius 3 is 3.15 bits per heavy atom. The molecule has 1 aliphatic heterocycles. The van der Waals surface area contributed by atoms with Gasteiger partial charge in [0.25, 0.3) is 0 Å². The lowest BCUT2D eigenvalue weighted by Gasteiger charge is -2.19.